The summed E-state index contributed by atoms with van der Waals surface area (Å²) in [6.45, 7) is 8.23. The zero-order valence-corrected chi connectivity index (χ0v) is 21.5. The first-order valence-corrected chi connectivity index (χ1v) is 14.0. The van der Waals surface area contributed by atoms with Crippen molar-refractivity contribution in [3.05, 3.63) is 11.6 Å². The van der Waals surface area contributed by atoms with Crippen molar-refractivity contribution in [2.45, 2.75) is 104 Å². The quantitative estimate of drug-likeness (QED) is 0.369. The third kappa shape index (κ3) is 4.33. The van der Waals surface area contributed by atoms with E-state index in [1.807, 2.05) is 0 Å². The number of carbonyl (C=O) groups excluding carboxylic acids is 1. The van der Waals surface area contributed by atoms with E-state index in [0.29, 0.717) is 35.7 Å². The lowest BCUT2D eigenvalue weighted by atomic mass is 9.47. The Kier molecular flexibility index (Phi) is 6.48. The number of hydrogen-bond donors (Lipinski definition) is 1. The van der Waals surface area contributed by atoms with E-state index in [9.17, 15) is 9.90 Å². The molecule has 5 aliphatic rings. The highest BCUT2D eigenvalue weighted by molar-refractivity contribution is 5.74. The van der Waals surface area contributed by atoms with E-state index in [4.69, 9.17) is 4.84 Å². The van der Waals surface area contributed by atoms with Gasteiger partial charge < -0.3 is 5.11 Å². The van der Waals surface area contributed by atoms with Crippen LogP contribution in [0.2, 0.25) is 0 Å². The first-order valence-electron chi connectivity index (χ1n) is 14.0. The van der Waals surface area contributed by atoms with E-state index in [2.05, 4.69) is 26.8 Å². The summed E-state index contributed by atoms with van der Waals surface area (Å²) in [5, 5.41) is 11.8. The lowest BCUT2D eigenvalue weighted by Gasteiger charge is -2.58. The van der Waals surface area contributed by atoms with E-state index in [1.165, 1.54) is 56.4 Å². The number of amides is 1. The third-order valence-electron chi connectivity index (χ3n) is 11.2. The summed E-state index contributed by atoms with van der Waals surface area (Å²) in [5.41, 5.74) is 2.32. The van der Waals surface area contributed by atoms with E-state index in [1.54, 1.807) is 12.6 Å². The molecule has 0 unspecified atom stereocenters. The van der Waals surface area contributed by atoms with Crippen molar-refractivity contribution in [3.8, 4) is 0 Å². The van der Waals surface area contributed by atoms with Crippen LogP contribution in [0.5, 0.6) is 0 Å². The van der Waals surface area contributed by atoms with Gasteiger partial charge in [-0.1, -0.05) is 32.4 Å². The van der Waals surface area contributed by atoms with Crippen molar-refractivity contribution in [2.24, 2.45) is 46.3 Å². The molecule has 33 heavy (non-hydrogen) atoms. The normalized spacial score (nSPS) is 43.2. The van der Waals surface area contributed by atoms with Crippen LogP contribution in [0.1, 0.15) is 97.8 Å². The number of allylic oxidation sites excluding steroid dienone is 1. The van der Waals surface area contributed by atoms with Gasteiger partial charge in [-0.2, -0.15) is 0 Å². The molecule has 4 heteroatoms. The van der Waals surface area contributed by atoms with Gasteiger partial charge in [0.15, 0.2) is 0 Å². The minimum atomic E-state index is -0.118. The standard InChI is InChI=1S/C29H47NO3/c1-19(5-12-27(32)30(4)33-18-20-6-7-20)24-10-11-25-23-9-8-21-17-22(31)13-15-28(21,2)26(23)14-16-29(24,25)3/h8,19-20,22-26,31H,5-7,9-18H2,1-4H3/t19-,22+,23+,24-,25+,26+,28+,29-/m1/s1. The average Bonchev–Trinajstić information content (AvgIpc) is 3.55. The Morgan fingerprint density at radius 2 is 1.94 bits per heavy atom. The molecule has 0 aliphatic heterocycles. The van der Waals surface area contributed by atoms with E-state index < -0.39 is 0 Å². The highest BCUT2D eigenvalue weighted by Gasteiger charge is 2.59. The SMILES string of the molecule is C[C@H](CCC(=O)N(C)OCC1CC1)[C@H]1CC[C@H]2[C@@H]3CC=C4C[C@@H](O)CC[C@]4(C)[C@H]3CC[C@]12C. The monoisotopic (exact) mass is 457 g/mol. The molecule has 0 radical (unpaired) electrons. The topological polar surface area (TPSA) is 49.8 Å². The van der Waals surface area contributed by atoms with E-state index >= 15 is 0 Å². The summed E-state index contributed by atoms with van der Waals surface area (Å²) in [6, 6.07) is 0. The van der Waals surface area contributed by atoms with Crippen LogP contribution in [0.25, 0.3) is 0 Å². The Bertz CT molecular complexity index is 775. The van der Waals surface area contributed by atoms with Gasteiger partial charge in [-0.3, -0.25) is 9.63 Å². The molecule has 4 nitrogen and oxygen atoms in total. The van der Waals surface area contributed by atoms with Gasteiger partial charge in [0.05, 0.1) is 12.7 Å². The van der Waals surface area contributed by atoms with Crippen molar-refractivity contribution in [2.75, 3.05) is 13.7 Å². The fourth-order valence-electron chi connectivity index (χ4n) is 8.90. The van der Waals surface area contributed by atoms with E-state index in [-0.39, 0.29) is 12.0 Å². The smallest absolute Gasteiger partial charge is 0.245 e. The van der Waals surface area contributed by atoms with Gasteiger partial charge in [0.1, 0.15) is 0 Å². The predicted octanol–water partition coefficient (Wildman–Crippen LogP) is 6.14. The molecule has 4 saturated carbocycles. The Labute approximate surface area is 201 Å². The summed E-state index contributed by atoms with van der Waals surface area (Å²) in [6.07, 6.45) is 16.2. The minimum absolute atomic E-state index is 0.118. The first-order chi connectivity index (χ1) is 15.7. The summed E-state index contributed by atoms with van der Waals surface area (Å²) >= 11 is 0. The Hall–Kier alpha value is -0.870. The van der Waals surface area contributed by atoms with Crippen molar-refractivity contribution in [1.82, 2.24) is 5.06 Å². The van der Waals surface area contributed by atoms with Gasteiger partial charge in [-0.25, -0.2) is 5.06 Å². The highest BCUT2D eigenvalue weighted by Crippen LogP contribution is 2.67. The molecular formula is C29H47NO3. The number of hydrogen-bond acceptors (Lipinski definition) is 3. The maximum absolute atomic E-state index is 12.6. The molecule has 1 N–H and O–H groups in total. The zero-order valence-electron chi connectivity index (χ0n) is 21.5. The van der Waals surface area contributed by atoms with E-state index in [0.717, 1.165) is 42.9 Å². The number of carbonyl (C=O) groups is 1. The molecule has 0 heterocycles. The minimum Gasteiger partial charge on any atom is -0.393 e. The Morgan fingerprint density at radius 1 is 1.15 bits per heavy atom. The second-order valence-corrected chi connectivity index (χ2v) is 13.0. The van der Waals surface area contributed by atoms with Crippen LogP contribution in [0.4, 0.5) is 0 Å². The molecule has 0 bridgehead atoms. The van der Waals surface area contributed by atoms with Gasteiger partial charge in [-0.05, 0) is 117 Å². The molecule has 5 aliphatic carbocycles. The summed E-state index contributed by atoms with van der Waals surface area (Å²) < 4.78 is 0. The summed E-state index contributed by atoms with van der Waals surface area (Å²) in [5.74, 6) is 4.59. The van der Waals surface area contributed by atoms with Gasteiger partial charge in [0, 0.05) is 13.5 Å². The zero-order chi connectivity index (χ0) is 23.4. The predicted molar refractivity (Wildman–Crippen MR) is 131 cm³/mol. The molecular weight excluding hydrogens is 410 g/mol. The number of aliphatic hydroxyl groups excluding tert-OH is 1. The van der Waals surface area contributed by atoms with Crippen molar-refractivity contribution in [1.29, 1.82) is 0 Å². The molecule has 186 valence electrons. The van der Waals surface area contributed by atoms with Gasteiger partial charge >= 0.3 is 0 Å². The Morgan fingerprint density at radius 3 is 2.70 bits per heavy atom. The van der Waals surface area contributed by atoms with Crippen molar-refractivity contribution < 1.29 is 14.7 Å². The second kappa shape index (κ2) is 8.97. The van der Waals surface area contributed by atoms with Crippen LogP contribution >= 0.6 is 0 Å². The van der Waals surface area contributed by atoms with Crippen molar-refractivity contribution >= 4 is 5.91 Å². The van der Waals surface area contributed by atoms with Gasteiger partial charge in [-0.15, -0.1) is 0 Å². The Balaban J connectivity index is 1.21. The molecule has 0 aromatic heterocycles. The number of fused-ring (bicyclic) bond motifs is 5. The van der Waals surface area contributed by atoms with Gasteiger partial charge in [0.25, 0.3) is 0 Å². The fraction of sp³-hybridized carbons (Fsp3) is 0.897. The molecule has 0 saturated heterocycles. The van der Waals surface area contributed by atoms with Gasteiger partial charge in [0.2, 0.25) is 5.91 Å². The molecule has 0 spiro atoms. The second-order valence-electron chi connectivity index (χ2n) is 13.0. The number of rotatable bonds is 7. The molecule has 5 rings (SSSR count). The molecule has 0 aromatic rings. The first kappa shape index (κ1) is 23.9. The van der Waals surface area contributed by atoms with Crippen LogP contribution in [0, 0.1) is 46.3 Å². The highest BCUT2D eigenvalue weighted by atomic mass is 16.7. The summed E-state index contributed by atoms with van der Waals surface area (Å²) in [7, 11) is 1.79. The maximum Gasteiger partial charge on any atom is 0.245 e. The largest absolute Gasteiger partial charge is 0.393 e. The molecule has 4 fully saturated rings. The fourth-order valence-corrected chi connectivity index (χ4v) is 8.90. The third-order valence-corrected chi connectivity index (χ3v) is 11.2. The van der Waals surface area contributed by atoms with Crippen LogP contribution in [-0.4, -0.2) is 35.8 Å². The number of aliphatic hydroxyl groups is 1. The van der Waals surface area contributed by atoms with Crippen molar-refractivity contribution in [3.63, 3.8) is 0 Å². The molecule has 8 atom stereocenters. The molecule has 1 amide bonds. The summed E-state index contributed by atoms with van der Waals surface area (Å²) in [4.78, 5) is 18.3. The number of nitrogens with zero attached hydrogens (tertiary/aromatic N) is 1. The molecule has 0 aromatic carbocycles. The number of hydroxylamine groups is 2. The lowest BCUT2D eigenvalue weighted by molar-refractivity contribution is -0.180. The van der Waals surface area contributed by atoms with Crippen LogP contribution in [0.3, 0.4) is 0 Å². The van der Waals surface area contributed by atoms with Crippen LogP contribution < -0.4 is 0 Å². The van der Waals surface area contributed by atoms with Crippen LogP contribution in [0.15, 0.2) is 11.6 Å². The average molecular weight is 458 g/mol. The maximum atomic E-state index is 12.6. The van der Waals surface area contributed by atoms with Crippen LogP contribution in [-0.2, 0) is 9.63 Å². The lowest BCUT2D eigenvalue weighted by Crippen LogP contribution is -2.50.